The van der Waals surface area contributed by atoms with E-state index in [0.717, 1.165) is 5.56 Å². The molecule has 6 nitrogen and oxygen atoms in total. The number of nitrogens with zero attached hydrogens (tertiary/aromatic N) is 2. The van der Waals surface area contributed by atoms with E-state index < -0.39 is 0 Å². The van der Waals surface area contributed by atoms with Crippen LogP contribution in [0.1, 0.15) is 15.9 Å². The number of hydrogen-bond donors (Lipinski definition) is 2. The number of ether oxygens (including phenoxy) is 1. The quantitative estimate of drug-likeness (QED) is 0.705. The summed E-state index contributed by atoms with van der Waals surface area (Å²) in [6, 6.07) is 13.1. The van der Waals surface area contributed by atoms with E-state index in [0.29, 0.717) is 28.1 Å². The lowest BCUT2D eigenvalue weighted by Gasteiger charge is -2.06. The zero-order valence-electron chi connectivity index (χ0n) is 13.3. The molecule has 0 saturated heterocycles. The van der Waals surface area contributed by atoms with E-state index in [2.05, 4.69) is 20.8 Å². The van der Waals surface area contributed by atoms with Crippen LogP contribution >= 0.6 is 11.3 Å². The van der Waals surface area contributed by atoms with Gasteiger partial charge in [-0.1, -0.05) is 35.6 Å². The van der Waals surface area contributed by atoms with Gasteiger partial charge in [-0.15, -0.1) is 10.2 Å². The van der Waals surface area contributed by atoms with Crippen molar-refractivity contribution in [2.24, 2.45) is 0 Å². The molecule has 25 heavy (non-hydrogen) atoms. The third-order valence-electron chi connectivity index (χ3n) is 3.35. The van der Waals surface area contributed by atoms with Crippen LogP contribution in [0.3, 0.4) is 0 Å². The van der Waals surface area contributed by atoms with Gasteiger partial charge in [0, 0.05) is 6.54 Å². The van der Waals surface area contributed by atoms with Crippen LogP contribution in [0.4, 0.5) is 14.7 Å². The summed E-state index contributed by atoms with van der Waals surface area (Å²) < 4.78 is 18.1. The second kappa shape index (κ2) is 7.71. The second-order valence-corrected chi connectivity index (χ2v) is 6.02. The number of aromatic nitrogens is 2. The lowest BCUT2D eigenvalue weighted by Crippen LogP contribution is -2.12. The molecule has 0 bridgehead atoms. The van der Waals surface area contributed by atoms with Gasteiger partial charge in [0.2, 0.25) is 10.3 Å². The molecule has 3 rings (SSSR count). The minimum absolute atomic E-state index is 0.277. The largest absolute Gasteiger partial charge is 0.496 e. The molecular formula is C17H15FN4O2S. The van der Waals surface area contributed by atoms with Gasteiger partial charge in [-0.2, -0.15) is 0 Å². The van der Waals surface area contributed by atoms with Crippen molar-refractivity contribution < 1.29 is 13.9 Å². The van der Waals surface area contributed by atoms with Crippen molar-refractivity contribution in [2.75, 3.05) is 17.7 Å². The second-order valence-electron chi connectivity index (χ2n) is 5.05. The molecule has 0 aliphatic heterocycles. The Morgan fingerprint density at radius 1 is 1.12 bits per heavy atom. The highest BCUT2D eigenvalue weighted by molar-refractivity contribution is 7.19. The van der Waals surface area contributed by atoms with Gasteiger partial charge in [0.1, 0.15) is 11.6 Å². The molecule has 1 heterocycles. The van der Waals surface area contributed by atoms with Gasteiger partial charge in [-0.05, 0) is 29.8 Å². The predicted molar refractivity (Wildman–Crippen MR) is 94.6 cm³/mol. The Hall–Kier alpha value is -3.00. The molecule has 0 spiro atoms. The highest BCUT2D eigenvalue weighted by Crippen LogP contribution is 2.23. The van der Waals surface area contributed by atoms with Crippen LogP contribution in [0.15, 0.2) is 48.5 Å². The molecule has 3 aromatic rings. The molecule has 0 radical (unpaired) electrons. The van der Waals surface area contributed by atoms with Crippen molar-refractivity contribution in [2.45, 2.75) is 6.54 Å². The number of para-hydroxylation sites is 1. The van der Waals surface area contributed by atoms with Crippen LogP contribution in [0.5, 0.6) is 5.75 Å². The van der Waals surface area contributed by atoms with Crippen LogP contribution in [0.25, 0.3) is 0 Å². The van der Waals surface area contributed by atoms with Crippen LogP contribution in [0.2, 0.25) is 0 Å². The minimum Gasteiger partial charge on any atom is -0.496 e. The maximum Gasteiger partial charge on any atom is 0.261 e. The van der Waals surface area contributed by atoms with Crippen molar-refractivity contribution in [3.05, 3.63) is 65.5 Å². The third-order valence-corrected chi connectivity index (χ3v) is 4.15. The molecule has 0 aliphatic rings. The number of amides is 1. The van der Waals surface area contributed by atoms with Gasteiger partial charge >= 0.3 is 0 Å². The molecule has 2 N–H and O–H groups in total. The van der Waals surface area contributed by atoms with Gasteiger partial charge in [0.05, 0.1) is 12.7 Å². The first-order chi connectivity index (χ1) is 12.2. The Morgan fingerprint density at radius 3 is 2.60 bits per heavy atom. The van der Waals surface area contributed by atoms with E-state index in [4.69, 9.17) is 4.74 Å². The van der Waals surface area contributed by atoms with Gasteiger partial charge in [0.25, 0.3) is 5.91 Å². The van der Waals surface area contributed by atoms with Crippen LogP contribution < -0.4 is 15.4 Å². The standard InChI is InChI=1S/C17H15FN4O2S/c1-24-14-5-3-2-4-13(14)15(23)20-17-22-21-16(25-17)19-10-11-6-8-12(18)9-7-11/h2-9H,10H2,1H3,(H,19,21)(H,20,22,23). The summed E-state index contributed by atoms with van der Waals surface area (Å²) in [5, 5.41) is 14.6. The van der Waals surface area contributed by atoms with Crippen LogP contribution in [-0.4, -0.2) is 23.2 Å². The Labute approximate surface area is 147 Å². The maximum atomic E-state index is 12.9. The topological polar surface area (TPSA) is 76.1 Å². The van der Waals surface area contributed by atoms with Crippen molar-refractivity contribution in [1.82, 2.24) is 10.2 Å². The lowest BCUT2D eigenvalue weighted by atomic mass is 10.2. The zero-order chi connectivity index (χ0) is 17.6. The molecule has 0 aliphatic carbocycles. The fourth-order valence-electron chi connectivity index (χ4n) is 2.12. The van der Waals surface area contributed by atoms with Gasteiger partial charge in [-0.25, -0.2) is 4.39 Å². The van der Waals surface area contributed by atoms with Crippen molar-refractivity contribution >= 4 is 27.5 Å². The molecular weight excluding hydrogens is 343 g/mol. The first kappa shape index (κ1) is 16.8. The number of nitrogens with one attached hydrogen (secondary N) is 2. The van der Waals surface area contributed by atoms with E-state index in [1.165, 1.54) is 30.6 Å². The number of rotatable bonds is 6. The maximum absolute atomic E-state index is 12.9. The Morgan fingerprint density at radius 2 is 1.84 bits per heavy atom. The van der Waals surface area contributed by atoms with Crippen molar-refractivity contribution in [3.8, 4) is 5.75 Å². The summed E-state index contributed by atoms with van der Waals surface area (Å²) in [5.41, 5.74) is 1.33. The van der Waals surface area contributed by atoms with Crippen LogP contribution in [0, 0.1) is 5.82 Å². The summed E-state index contributed by atoms with van der Waals surface area (Å²) in [5.74, 6) is -0.112. The van der Waals surface area contributed by atoms with E-state index in [1.54, 1.807) is 36.4 Å². The minimum atomic E-state index is -0.321. The van der Waals surface area contributed by atoms with E-state index in [9.17, 15) is 9.18 Å². The normalized spacial score (nSPS) is 10.3. The summed E-state index contributed by atoms with van der Waals surface area (Å²) in [6.45, 7) is 0.482. The highest BCUT2D eigenvalue weighted by Gasteiger charge is 2.14. The van der Waals surface area contributed by atoms with Crippen molar-refractivity contribution in [1.29, 1.82) is 0 Å². The average Bonchev–Trinajstić information content (AvgIpc) is 3.08. The van der Waals surface area contributed by atoms with Crippen LogP contribution in [-0.2, 0) is 6.54 Å². The number of benzene rings is 2. The number of anilines is 2. The van der Waals surface area contributed by atoms with E-state index in [1.807, 2.05) is 0 Å². The zero-order valence-corrected chi connectivity index (χ0v) is 14.1. The molecule has 8 heteroatoms. The summed E-state index contributed by atoms with van der Waals surface area (Å²) >= 11 is 1.21. The smallest absolute Gasteiger partial charge is 0.261 e. The molecule has 2 aromatic carbocycles. The van der Waals surface area contributed by atoms with Gasteiger partial charge in [0.15, 0.2) is 0 Å². The molecule has 0 fully saturated rings. The van der Waals surface area contributed by atoms with E-state index >= 15 is 0 Å². The molecule has 0 saturated carbocycles. The lowest BCUT2D eigenvalue weighted by molar-refractivity contribution is 0.102. The number of hydrogen-bond acceptors (Lipinski definition) is 6. The number of carbonyl (C=O) groups excluding carboxylic acids is 1. The predicted octanol–water partition coefficient (Wildman–Crippen LogP) is 3.55. The molecule has 0 atom stereocenters. The molecule has 128 valence electrons. The fraction of sp³-hybridized carbons (Fsp3) is 0.118. The van der Waals surface area contributed by atoms with E-state index in [-0.39, 0.29) is 11.7 Å². The number of carbonyl (C=O) groups is 1. The Balaban J connectivity index is 1.61. The Bertz CT molecular complexity index is 867. The number of methoxy groups -OCH3 is 1. The highest BCUT2D eigenvalue weighted by atomic mass is 32.1. The first-order valence-electron chi connectivity index (χ1n) is 7.42. The van der Waals surface area contributed by atoms with Gasteiger partial charge < -0.3 is 10.1 Å². The monoisotopic (exact) mass is 358 g/mol. The summed E-state index contributed by atoms with van der Waals surface area (Å²) in [6.07, 6.45) is 0. The third kappa shape index (κ3) is 4.30. The number of halogens is 1. The summed E-state index contributed by atoms with van der Waals surface area (Å²) in [7, 11) is 1.51. The van der Waals surface area contributed by atoms with Gasteiger partial charge in [-0.3, -0.25) is 10.1 Å². The SMILES string of the molecule is COc1ccccc1C(=O)Nc1nnc(NCc2ccc(F)cc2)s1. The summed E-state index contributed by atoms with van der Waals surface area (Å²) in [4.78, 5) is 12.3. The first-order valence-corrected chi connectivity index (χ1v) is 8.23. The molecule has 1 amide bonds. The molecule has 0 unspecified atom stereocenters. The molecule has 1 aromatic heterocycles. The Kier molecular flexibility index (Phi) is 5.20. The van der Waals surface area contributed by atoms with Crippen molar-refractivity contribution in [3.63, 3.8) is 0 Å². The fourth-order valence-corrected chi connectivity index (χ4v) is 2.76. The average molecular weight is 358 g/mol.